The molecule has 0 saturated heterocycles. The van der Waals surface area contributed by atoms with Gasteiger partial charge in [0.05, 0.1) is 6.33 Å². The van der Waals surface area contributed by atoms with Gasteiger partial charge >= 0.3 is 5.69 Å². The summed E-state index contributed by atoms with van der Waals surface area (Å²) in [6.45, 7) is 0. The number of benzene rings is 2. The summed E-state index contributed by atoms with van der Waals surface area (Å²) in [5, 5.41) is 0. The molecule has 6 nitrogen and oxygen atoms in total. The van der Waals surface area contributed by atoms with Gasteiger partial charge in [0, 0.05) is 25.2 Å². The standard InChI is InChI=1S/C21H14F2N4O2/c1-25-12-24-19-18(25)20(28)27(21(29)26(19)2)17-15(22)10-14(11-16(17)23)9-8-13-6-4-3-5-7-13/h3-7,10-12H,1-2H3. The summed E-state index contributed by atoms with van der Waals surface area (Å²) in [6, 6.07) is 10.9. The van der Waals surface area contributed by atoms with E-state index < -0.39 is 28.6 Å². The van der Waals surface area contributed by atoms with Crippen LogP contribution in [0.1, 0.15) is 11.1 Å². The Bertz CT molecular complexity index is 1410. The largest absolute Gasteiger partial charge is 0.337 e. The van der Waals surface area contributed by atoms with Crippen LogP contribution in [0.4, 0.5) is 8.78 Å². The summed E-state index contributed by atoms with van der Waals surface area (Å²) in [5.41, 5.74) is -1.55. The molecular formula is C21H14F2N4O2. The van der Waals surface area contributed by atoms with Gasteiger partial charge in [-0.1, -0.05) is 30.0 Å². The maximum absolute atomic E-state index is 14.8. The van der Waals surface area contributed by atoms with E-state index in [1.54, 1.807) is 31.3 Å². The maximum Gasteiger partial charge on any atom is 0.337 e. The summed E-state index contributed by atoms with van der Waals surface area (Å²) < 4.78 is 32.5. The van der Waals surface area contributed by atoms with Crippen LogP contribution in [0.5, 0.6) is 0 Å². The first kappa shape index (κ1) is 18.4. The average Bonchev–Trinajstić information content (AvgIpc) is 3.09. The Balaban J connectivity index is 1.92. The number of aryl methyl sites for hydroxylation is 2. The molecule has 0 unspecified atom stereocenters. The van der Waals surface area contributed by atoms with Crippen LogP contribution in [0.25, 0.3) is 16.9 Å². The highest BCUT2D eigenvalue weighted by Crippen LogP contribution is 2.18. The van der Waals surface area contributed by atoms with Gasteiger partial charge in [0.15, 0.2) is 22.8 Å². The molecule has 0 aliphatic rings. The second-order valence-electron chi connectivity index (χ2n) is 6.41. The van der Waals surface area contributed by atoms with E-state index in [1.165, 1.54) is 17.9 Å². The SMILES string of the molecule is Cn1cnc2c1c(=O)n(-c1c(F)cc(C#Cc3ccccc3)cc1F)c(=O)n2C. The first-order chi connectivity index (χ1) is 13.9. The number of hydrogen-bond donors (Lipinski definition) is 0. The zero-order valence-electron chi connectivity index (χ0n) is 15.5. The van der Waals surface area contributed by atoms with Crippen molar-refractivity contribution >= 4 is 11.2 Å². The molecule has 4 aromatic rings. The molecule has 2 aromatic heterocycles. The van der Waals surface area contributed by atoms with E-state index >= 15 is 0 Å². The van der Waals surface area contributed by atoms with Crippen molar-refractivity contribution in [3.63, 3.8) is 0 Å². The molecule has 8 heteroatoms. The van der Waals surface area contributed by atoms with E-state index in [0.29, 0.717) is 10.1 Å². The highest BCUT2D eigenvalue weighted by atomic mass is 19.1. The molecule has 0 fully saturated rings. The van der Waals surface area contributed by atoms with E-state index in [4.69, 9.17) is 0 Å². The minimum atomic E-state index is -1.07. The minimum absolute atomic E-state index is 0.0545. The normalized spacial score (nSPS) is 10.8. The number of imidazole rings is 1. The molecule has 0 saturated carbocycles. The van der Waals surface area contributed by atoms with Gasteiger partial charge in [0.2, 0.25) is 0 Å². The van der Waals surface area contributed by atoms with Gasteiger partial charge < -0.3 is 4.57 Å². The van der Waals surface area contributed by atoms with Crippen molar-refractivity contribution in [2.24, 2.45) is 14.1 Å². The van der Waals surface area contributed by atoms with Crippen molar-refractivity contribution in [2.45, 2.75) is 0 Å². The molecule has 0 aliphatic carbocycles. The lowest BCUT2D eigenvalue weighted by Crippen LogP contribution is -2.39. The van der Waals surface area contributed by atoms with Crippen molar-refractivity contribution in [3.05, 3.63) is 92.4 Å². The average molecular weight is 392 g/mol. The third-order valence-electron chi connectivity index (χ3n) is 4.48. The molecule has 0 spiro atoms. The van der Waals surface area contributed by atoms with Gasteiger partial charge in [-0.15, -0.1) is 0 Å². The summed E-state index contributed by atoms with van der Waals surface area (Å²) in [4.78, 5) is 29.4. The van der Waals surface area contributed by atoms with Gasteiger partial charge in [-0.2, -0.15) is 0 Å². The van der Waals surface area contributed by atoms with Crippen LogP contribution >= 0.6 is 0 Å². The molecule has 144 valence electrons. The van der Waals surface area contributed by atoms with Crippen molar-refractivity contribution in [2.75, 3.05) is 0 Å². The zero-order chi connectivity index (χ0) is 20.7. The summed E-state index contributed by atoms with van der Waals surface area (Å²) >= 11 is 0. The van der Waals surface area contributed by atoms with Crippen molar-refractivity contribution in [1.29, 1.82) is 0 Å². The van der Waals surface area contributed by atoms with E-state index in [2.05, 4.69) is 16.8 Å². The van der Waals surface area contributed by atoms with Crippen LogP contribution in [-0.2, 0) is 14.1 Å². The number of hydrogen-bond acceptors (Lipinski definition) is 3. The highest BCUT2D eigenvalue weighted by molar-refractivity contribution is 5.70. The number of fused-ring (bicyclic) bond motifs is 1. The molecule has 0 amide bonds. The van der Waals surface area contributed by atoms with E-state index in [-0.39, 0.29) is 16.7 Å². The summed E-state index contributed by atoms with van der Waals surface area (Å²) in [5.74, 6) is 3.35. The molecule has 4 rings (SSSR count). The number of nitrogens with zero attached hydrogens (tertiary/aromatic N) is 4. The molecule has 2 heterocycles. The summed E-state index contributed by atoms with van der Waals surface area (Å²) in [6.07, 6.45) is 1.35. The molecule has 29 heavy (non-hydrogen) atoms. The van der Waals surface area contributed by atoms with Crippen LogP contribution in [0.3, 0.4) is 0 Å². The van der Waals surface area contributed by atoms with Crippen molar-refractivity contribution in [1.82, 2.24) is 18.7 Å². The van der Waals surface area contributed by atoms with E-state index in [9.17, 15) is 18.4 Å². The molecular weight excluding hydrogens is 378 g/mol. The number of aromatic nitrogens is 4. The molecule has 0 atom stereocenters. The van der Waals surface area contributed by atoms with Crippen LogP contribution in [0.2, 0.25) is 0 Å². The van der Waals surface area contributed by atoms with Crippen LogP contribution in [0, 0.1) is 23.5 Å². The quantitative estimate of drug-likeness (QED) is 0.466. The highest BCUT2D eigenvalue weighted by Gasteiger charge is 2.21. The molecule has 0 N–H and O–H groups in total. The van der Waals surface area contributed by atoms with Crippen LogP contribution in [-0.4, -0.2) is 18.7 Å². The third kappa shape index (κ3) is 3.02. The van der Waals surface area contributed by atoms with Crippen LogP contribution in [0.15, 0.2) is 58.4 Å². The Morgan fingerprint density at radius 2 is 1.55 bits per heavy atom. The predicted octanol–water partition coefficient (Wildman–Crippen LogP) is 2.10. The topological polar surface area (TPSA) is 61.8 Å². The zero-order valence-corrected chi connectivity index (χ0v) is 15.5. The number of halogens is 2. The van der Waals surface area contributed by atoms with Gasteiger partial charge in [0.25, 0.3) is 5.56 Å². The van der Waals surface area contributed by atoms with Gasteiger partial charge in [-0.3, -0.25) is 9.36 Å². The van der Waals surface area contributed by atoms with Crippen molar-refractivity contribution < 1.29 is 8.78 Å². The molecule has 0 aliphatic heterocycles. The predicted molar refractivity (Wildman–Crippen MR) is 104 cm³/mol. The fourth-order valence-corrected chi connectivity index (χ4v) is 3.06. The van der Waals surface area contributed by atoms with Gasteiger partial charge in [-0.25, -0.2) is 23.1 Å². The minimum Gasteiger partial charge on any atom is -0.328 e. The fourth-order valence-electron chi connectivity index (χ4n) is 3.06. The Morgan fingerprint density at radius 3 is 2.21 bits per heavy atom. The number of rotatable bonds is 1. The maximum atomic E-state index is 14.8. The lowest BCUT2D eigenvalue weighted by Gasteiger charge is -2.11. The second kappa shape index (κ2) is 6.87. The van der Waals surface area contributed by atoms with E-state index in [0.717, 1.165) is 16.7 Å². The molecule has 2 aromatic carbocycles. The lowest BCUT2D eigenvalue weighted by atomic mass is 10.1. The van der Waals surface area contributed by atoms with Crippen molar-refractivity contribution in [3.8, 4) is 17.5 Å². The van der Waals surface area contributed by atoms with E-state index in [1.807, 2.05) is 6.07 Å². The monoisotopic (exact) mass is 392 g/mol. The first-order valence-electron chi connectivity index (χ1n) is 8.58. The second-order valence-corrected chi connectivity index (χ2v) is 6.41. The third-order valence-corrected chi connectivity index (χ3v) is 4.48. The fraction of sp³-hybridized carbons (Fsp3) is 0.0952. The van der Waals surface area contributed by atoms with Gasteiger partial charge in [0.1, 0.15) is 5.69 Å². The van der Waals surface area contributed by atoms with Gasteiger partial charge in [-0.05, 0) is 24.3 Å². The van der Waals surface area contributed by atoms with Crippen LogP contribution < -0.4 is 11.2 Å². The smallest absolute Gasteiger partial charge is 0.328 e. The first-order valence-corrected chi connectivity index (χ1v) is 8.58. The Morgan fingerprint density at radius 1 is 0.931 bits per heavy atom. The molecule has 0 bridgehead atoms. The molecule has 0 radical (unpaired) electrons. The lowest BCUT2D eigenvalue weighted by molar-refractivity contribution is 0.558. The Hall–Kier alpha value is -3.99. The Kier molecular flexibility index (Phi) is 4.35. The summed E-state index contributed by atoms with van der Waals surface area (Å²) in [7, 11) is 2.93. The Labute approximate surface area is 163 Å².